The van der Waals surface area contributed by atoms with Crippen molar-refractivity contribution in [3.63, 3.8) is 0 Å². The lowest BCUT2D eigenvalue weighted by molar-refractivity contribution is -0.141. The molecule has 2 N–H and O–H groups in total. The monoisotopic (exact) mass is 299 g/mol. The number of hydrogen-bond acceptors (Lipinski definition) is 2. The van der Waals surface area contributed by atoms with Gasteiger partial charge in [0.05, 0.1) is 5.92 Å². The van der Waals surface area contributed by atoms with Crippen molar-refractivity contribution in [3.8, 4) is 0 Å². The van der Waals surface area contributed by atoms with Gasteiger partial charge >= 0.3 is 5.97 Å². The molecule has 0 spiro atoms. The molecule has 0 saturated heterocycles. The Morgan fingerprint density at radius 3 is 2.76 bits per heavy atom. The highest BCUT2D eigenvalue weighted by molar-refractivity contribution is 9.10. The summed E-state index contributed by atoms with van der Waals surface area (Å²) in [7, 11) is 0. The molecule has 17 heavy (non-hydrogen) atoms. The van der Waals surface area contributed by atoms with Gasteiger partial charge in [-0.05, 0) is 37.6 Å². The van der Waals surface area contributed by atoms with Crippen LogP contribution in [0.25, 0.3) is 0 Å². The van der Waals surface area contributed by atoms with Gasteiger partial charge in [0, 0.05) is 4.47 Å². The van der Waals surface area contributed by atoms with Gasteiger partial charge in [-0.15, -0.1) is 0 Å². The molecule has 0 aliphatic carbocycles. The topological polar surface area (TPSA) is 49.3 Å². The Hall–Kier alpha value is -0.870. The Kier molecular flexibility index (Phi) is 6.22. The van der Waals surface area contributed by atoms with E-state index in [1.54, 1.807) is 6.92 Å². The average Bonchev–Trinajstić information content (AvgIpc) is 2.30. The molecule has 0 heterocycles. The molecule has 0 fully saturated rings. The molecule has 0 bridgehead atoms. The maximum absolute atomic E-state index is 10.6. The number of halogens is 1. The van der Waals surface area contributed by atoms with Crippen molar-refractivity contribution < 1.29 is 9.90 Å². The second kappa shape index (κ2) is 7.45. The summed E-state index contributed by atoms with van der Waals surface area (Å²) in [5, 5.41) is 12.0. The smallest absolute Gasteiger partial charge is 0.306 e. The fourth-order valence-electron chi connectivity index (χ4n) is 1.49. The molecule has 4 heteroatoms. The molecular weight excluding hydrogens is 282 g/mol. The van der Waals surface area contributed by atoms with Crippen LogP contribution in [-0.4, -0.2) is 24.2 Å². The van der Waals surface area contributed by atoms with Crippen molar-refractivity contribution in [2.24, 2.45) is 5.92 Å². The van der Waals surface area contributed by atoms with E-state index < -0.39 is 5.97 Å². The largest absolute Gasteiger partial charge is 0.481 e. The van der Waals surface area contributed by atoms with Crippen LogP contribution < -0.4 is 5.32 Å². The van der Waals surface area contributed by atoms with Crippen LogP contribution in [-0.2, 0) is 11.2 Å². The first kappa shape index (κ1) is 14.2. The van der Waals surface area contributed by atoms with Crippen LogP contribution >= 0.6 is 15.9 Å². The van der Waals surface area contributed by atoms with E-state index in [4.69, 9.17) is 5.11 Å². The summed E-state index contributed by atoms with van der Waals surface area (Å²) < 4.78 is 1.13. The number of hydrogen-bond donors (Lipinski definition) is 2. The minimum Gasteiger partial charge on any atom is -0.481 e. The molecule has 0 amide bonds. The van der Waals surface area contributed by atoms with Crippen LogP contribution in [0, 0.1) is 5.92 Å². The van der Waals surface area contributed by atoms with Gasteiger partial charge in [-0.1, -0.05) is 41.1 Å². The Morgan fingerprint density at radius 1 is 1.41 bits per heavy atom. The Balaban J connectivity index is 2.17. The lowest BCUT2D eigenvalue weighted by Crippen LogP contribution is -2.22. The van der Waals surface area contributed by atoms with Crippen molar-refractivity contribution in [2.75, 3.05) is 13.1 Å². The fraction of sp³-hybridized carbons (Fsp3) is 0.462. The van der Waals surface area contributed by atoms with Gasteiger partial charge in [-0.2, -0.15) is 0 Å². The Bertz CT molecular complexity index is 368. The molecule has 94 valence electrons. The van der Waals surface area contributed by atoms with Gasteiger partial charge in [-0.3, -0.25) is 4.79 Å². The maximum atomic E-state index is 10.6. The summed E-state index contributed by atoms with van der Waals surface area (Å²) in [6.45, 7) is 3.35. The summed E-state index contributed by atoms with van der Waals surface area (Å²) in [5.74, 6) is -0.997. The molecule has 3 nitrogen and oxygen atoms in total. The van der Waals surface area contributed by atoms with E-state index in [1.165, 1.54) is 5.56 Å². The summed E-state index contributed by atoms with van der Waals surface area (Å²) in [5.41, 5.74) is 1.27. The highest BCUT2D eigenvalue weighted by atomic mass is 79.9. The van der Waals surface area contributed by atoms with Gasteiger partial charge in [0.1, 0.15) is 0 Å². The first-order valence-corrected chi connectivity index (χ1v) is 6.57. The number of nitrogens with one attached hydrogen (secondary N) is 1. The standard InChI is InChI=1S/C13H18BrNO2/c1-10(13(16)17)6-8-15-9-7-11-4-2-3-5-12(11)14/h2-5,10,15H,6-9H2,1H3,(H,16,17). The summed E-state index contributed by atoms with van der Waals surface area (Å²) in [6.07, 6.45) is 1.62. The van der Waals surface area contributed by atoms with Crippen LogP contribution in [0.3, 0.4) is 0 Å². The van der Waals surface area contributed by atoms with E-state index in [0.717, 1.165) is 24.0 Å². The van der Waals surface area contributed by atoms with Crippen molar-refractivity contribution in [1.82, 2.24) is 5.32 Å². The molecule has 1 unspecified atom stereocenters. The third-order valence-electron chi connectivity index (χ3n) is 2.70. The van der Waals surface area contributed by atoms with Gasteiger partial charge < -0.3 is 10.4 Å². The highest BCUT2D eigenvalue weighted by Crippen LogP contribution is 2.15. The summed E-state index contributed by atoms with van der Waals surface area (Å²) in [4.78, 5) is 10.6. The molecule has 0 aliphatic heterocycles. The van der Waals surface area contributed by atoms with Gasteiger partial charge in [0.2, 0.25) is 0 Å². The second-order valence-electron chi connectivity index (χ2n) is 4.12. The maximum Gasteiger partial charge on any atom is 0.306 e. The molecule has 1 rings (SSSR count). The van der Waals surface area contributed by atoms with E-state index in [9.17, 15) is 4.79 Å². The summed E-state index contributed by atoms with van der Waals surface area (Å²) in [6, 6.07) is 8.13. The predicted molar refractivity (Wildman–Crippen MR) is 72.1 cm³/mol. The summed E-state index contributed by atoms with van der Waals surface area (Å²) >= 11 is 3.50. The number of rotatable bonds is 7. The van der Waals surface area contributed by atoms with Crippen LogP contribution in [0.4, 0.5) is 0 Å². The SMILES string of the molecule is CC(CCNCCc1ccccc1Br)C(=O)O. The third kappa shape index (κ3) is 5.33. The van der Waals surface area contributed by atoms with E-state index in [2.05, 4.69) is 27.3 Å². The zero-order valence-electron chi connectivity index (χ0n) is 9.95. The zero-order chi connectivity index (χ0) is 12.7. The number of benzene rings is 1. The number of carboxylic acid groups (broad SMARTS) is 1. The molecule has 1 aromatic rings. The van der Waals surface area contributed by atoms with Gasteiger partial charge in [0.25, 0.3) is 0 Å². The minimum atomic E-state index is -0.724. The normalized spacial score (nSPS) is 12.4. The second-order valence-corrected chi connectivity index (χ2v) is 4.97. The fourth-order valence-corrected chi connectivity index (χ4v) is 1.97. The van der Waals surface area contributed by atoms with E-state index in [1.807, 2.05) is 18.2 Å². The number of carbonyl (C=O) groups is 1. The molecule has 0 radical (unpaired) electrons. The quantitative estimate of drug-likeness (QED) is 0.761. The molecule has 0 aromatic heterocycles. The first-order chi connectivity index (χ1) is 8.11. The van der Waals surface area contributed by atoms with E-state index in [-0.39, 0.29) is 5.92 Å². The van der Waals surface area contributed by atoms with E-state index >= 15 is 0 Å². The van der Waals surface area contributed by atoms with Crippen molar-refractivity contribution in [3.05, 3.63) is 34.3 Å². The number of aliphatic carboxylic acids is 1. The lowest BCUT2D eigenvalue weighted by atomic mass is 10.1. The third-order valence-corrected chi connectivity index (χ3v) is 3.48. The van der Waals surface area contributed by atoms with Crippen molar-refractivity contribution >= 4 is 21.9 Å². The molecule has 0 aliphatic rings. The van der Waals surface area contributed by atoms with E-state index in [0.29, 0.717) is 6.42 Å². The van der Waals surface area contributed by atoms with Crippen LogP contribution in [0.2, 0.25) is 0 Å². The predicted octanol–water partition coefficient (Wildman–Crippen LogP) is 2.69. The minimum absolute atomic E-state index is 0.272. The highest BCUT2D eigenvalue weighted by Gasteiger charge is 2.09. The van der Waals surface area contributed by atoms with Crippen LogP contribution in [0.15, 0.2) is 28.7 Å². The Labute approximate surface area is 110 Å². The molecule has 0 saturated carbocycles. The van der Waals surface area contributed by atoms with Crippen LogP contribution in [0.1, 0.15) is 18.9 Å². The van der Waals surface area contributed by atoms with Gasteiger partial charge in [-0.25, -0.2) is 0 Å². The number of carboxylic acids is 1. The molecule has 1 atom stereocenters. The first-order valence-electron chi connectivity index (χ1n) is 5.78. The van der Waals surface area contributed by atoms with Crippen molar-refractivity contribution in [1.29, 1.82) is 0 Å². The zero-order valence-corrected chi connectivity index (χ0v) is 11.5. The lowest BCUT2D eigenvalue weighted by Gasteiger charge is -2.08. The van der Waals surface area contributed by atoms with Crippen molar-refractivity contribution in [2.45, 2.75) is 19.8 Å². The molecule has 1 aromatic carbocycles. The van der Waals surface area contributed by atoms with Gasteiger partial charge in [0.15, 0.2) is 0 Å². The molecular formula is C13H18BrNO2. The van der Waals surface area contributed by atoms with Crippen LogP contribution in [0.5, 0.6) is 0 Å². The average molecular weight is 300 g/mol. The Morgan fingerprint density at radius 2 is 2.12 bits per heavy atom.